The third-order valence-corrected chi connectivity index (χ3v) is 4.87. The molecule has 0 spiro atoms. The molecule has 2 aromatic rings. The Labute approximate surface area is 146 Å². The van der Waals surface area contributed by atoms with E-state index in [9.17, 15) is 13.6 Å². The lowest BCUT2D eigenvalue weighted by molar-refractivity contribution is 0.164. The molecule has 1 N–H and O–H groups in total. The van der Waals surface area contributed by atoms with Crippen LogP contribution in [0.4, 0.5) is 13.6 Å². The number of halogens is 2. The van der Waals surface area contributed by atoms with Gasteiger partial charge in [-0.05, 0) is 42.7 Å². The highest BCUT2D eigenvalue weighted by Gasteiger charge is 2.33. The van der Waals surface area contributed by atoms with E-state index < -0.39 is 17.7 Å². The monoisotopic (exact) mass is 347 g/mol. The fourth-order valence-electron chi connectivity index (χ4n) is 3.39. The maximum atomic E-state index is 13.8. The fraction of sp³-hybridized carbons (Fsp3) is 0.421. The van der Waals surface area contributed by atoms with Crippen LogP contribution in [-0.4, -0.2) is 28.1 Å². The van der Waals surface area contributed by atoms with Gasteiger partial charge in [0.05, 0.1) is 6.04 Å². The Morgan fingerprint density at radius 3 is 2.64 bits per heavy atom. The summed E-state index contributed by atoms with van der Waals surface area (Å²) >= 11 is 0. The van der Waals surface area contributed by atoms with Gasteiger partial charge in [0.15, 0.2) is 11.6 Å². The van der Waals surface area contributed by atoms with Gasteiger partial charge in [0.2, 0.25) is 0 Å². The molecule has 4 nitrogen and oxygen atoms in total. The number of hydrogen-bond acceptors (Lipinski definition) is 1. The summed E-state index contributed by atoms with van der Waals surface area (Å²) in [6.07, 6.45) is 3.64. The first-order valence-electron chi connectivity index (χ1n) is 8.72. The van der Waals surface area contributed by atoms with E-state index in [-0.39, 0.29) is 12.1 Å². The maximum Gasteiger partial charge on any atom is 0.318 e. The lowest BCUT2D eigenvalue weighted by Crippen LogP contribution is -2.49. The molecule has 0 unspecified atom stereocenters. The number of amides is 2. The van der Waals surface area contributed by atoms with Crippen LogP contribution in [0.25, 0.3) is 0 Å². The van der Waals surface area contributed by atoms with Gasteiger partial charge >= 0.3 is 6.03 Å². The molecule has 134 valence electrons. The predicted octanol–water partition coefficient (Wildman–Crippen LogP) is 4.07. The highest BCUT2D eigenvalue weighted by Crippen LogP contribution is 2.33. The molecule has 0 saturated carbocycles. The van der Waals surface area contributed by atoms with Crippen molar-refractivity contribution in [2.45, 2.75) is 45.3 Å². The van der Waals surface area contributed by atoms with E-state index >= 15 is 0 Å². The lowest BCUT2D eigenvalue weighted by atomic mass is 10.00. The fourth-order valence-corrected chi connectivity index (χ4v) is 3.39. The van der Waals surface area contributed by atoms with Crippen molar-refractivity contribution in [1.82, 2.24) is 14.8 Å². The van der Waals surface area contributed by atoms with E-state index in [2.05, 4.69) is 5.32 Å². The molecule has 3 rings (SSSR count). The standard InChI is InChI=1S/C19H23F2N3O/c1-3-14(4-2)22-19(25)24-11-10-23-9-5-6-17(23)18(24)13-7-8-15(20)16(21)12-13/h5-9,12,14,18H,3-4,10-11H2,1-2H3,(H,22,25)/t18-/m0/s1. The van der Waals surface area contributed by atoms with Crippen molar-refractivity contribution in [2.24, 2.45) is 0 Å². The van der Waals surface area contributed by atoms with Gasteiger partial charge in [-0.2, -0.15) is 0 Å². The molecule has 1 aliphatic rings. The van der Waals surface area contributed by atoms with Crippen LogP contribution in [0.2, 0.25) is 0 Å². The molecule has 2 amide bonds. The van der Waals surface area contributed by atoms with Gasteiger partial charge in [0.1, 0.15) is 0 Å². The van der Waals surface area contributed by atoms with E-state index in [1.807, 2.05) is 36.7 Å². The van der Waals surface area contributed by atoms with Crippen molar-refractivity contribution in [3.8, 4) is 0 Å². The number of carbonyl (C=O) groups excluding carboxylic acids is 1. The number of nitrogens with zero attached hydrogens (tertiary/aromatic N) is 2. The number of rotatable bonds is 4. The highest BCUT2D eigenvalue weighted by molar-refractivity contribution is 5.76. The Bertz CT molecular complexity index is 755. The zero-order valence-corrected chi connectivity index (χ0v) is 14.5. The van der Waals surface area contributed by atoms with E-state index in [1.165, 1.54) is 6.07 Å². The summed E-state index contributed by atoms with van der Waals surface area (Å²) in [7, 11) is 0. The average Bonchev–Trinajstić information content (AvgIpc) is 3.09. The molecule has 25 heavy (non-hydrogen) atoms. The average molecular weight is 347 g/mol. The number of aromatic nitrogens is 1. The minimum atomic E-state index is -0.901. The van der Waals surface area contributed by atoms with E-state index in [0.717, 1.165) is 24.6 Å². The number of nitrogens with one attached hydrogen (secondary N) is 1. The van der Waals surface area contributed by atoms with E-state index in [1.54, 1.807) is 11.0 Å². The molecule has 0 bridgehead atoms. The number of benzene rings is 1. The number of carbonyl (C=O) groups is 1. The Morgan fingerprint density at radius 1 is 1.20 bits per heavy atom. The summed E-state index contributed by atoms with van der Waals surface area (Å²) in [5, 5.41) is 3.04. The molecule has 0 radical (unpaired) electrons. The minimum absolute atomic E-state index is 0.104. The number of hydrogen-bond donors (Lipinski definition) is 1. The van der Waals surface area contributed by atoms with Crippen molar-refractivity contribution in [3.63, 3.8) is 0 Å². The van der Waals surface area contributed by atoms with Gasteiger partial charge in [0, 0.05) is 31.0 Å². The lowest BCUT2D eigenvalue weighted by Gasteiger charge is -2.38. The van der Waals surface area contributed by atoms with E-state index in [4.69, 9.17) is 0 Å². The first-order valence-corrected chi connectivity index (χ1v) is 8.72. The molecule has 6 heteroatoms. The zero-order chi connectivity index (χ0) is 18.0. The second-order valence-corrected chi connectivity index (χ2v) is 6.36. The SMILES string of the molecule is CCC(CC)NC(=O)N1CCn2cccc2[C@@H]1c1ccc(F)c(F)c1. The van der Waals surface area contributed by atoms with Crippen LogP contribution in [-0.2, 0) is 6.54 Å². The quantitative estimate of drug-likeness (QED) is 0.889. The Hall–Kier alpha value is -2.37. The van der Waals surface area contributed by atoms with Crippen LogP contribution in [0.3, 0.4) is 0 Å². The minimum Gasteiger partial charge on any atom is -0.348 e. The first-order chi connectivity index (χ1) is 12.0. The van der Waals surface area contributed by atoms with Crippen LogP contribution in [0.15, 0.2) is 36.5 Å². The molecule has 2 heterocycles. The van der Waals surface area contributed by atoms with Crippen molar-refractivity contribution < 1.29 is 13.6 Å². The van der Waals surface area contributed by atoms with Gasteiger partial charge in [-0.25, -0.2) is 13.6 Å². The predicted molar refractivity (Wildman–Crippen MR) is 92.2 cm³/mol. The summed E-state index contributed by atoms with van der Waals surface area (Å²) in [5.74, 6) is -1.79. The molecule has 1 aromatic carbocycles. The molecule has 0 fully saturated rings. The smallest absolute Gasteiger partial charge is 0.318 e. The molecule has 0 aliphatic carbocycles. The Balaban J connectivity index is 1.96. The number of urea groups is 1. The van der Waals surface area contributed by atoms with E-state index in [0.29, 0.717) is 18.7 Å². The Kier molecular flexibility index (Phi) is 5.06. The molecular weight excluding hydrogens is 324 g/mol. The maximum absolute atomic E-state index is 13.8. The largest absolute Gasteiger partial charge is 0.348 e. The molecule has 1 atom stereocenters. The van der Waals surface area contributed by atoms with Crippen LogP contribution < -0.4 is 5.32 Å². The van der Waals surface area contributed by atoms with Crippen LogP contribution in [0, 0.1) is 11.6 Å². The summed E-state index contributed by atoms with van der Waals surface area (Å²) in [4.78, 5) is 14.5. The van der Waals surface area contributed by atoms with Crippen LogP contribution in [0.5, 0.6) is 0 Å². The summed E-state index contributed by atoms with van der Waals surface area (Å²) in [6.45, 7) is 5.25. The van der Waals surface area contributed by atoms with Gasteiger partial charge in [-0.3, -0.25) is 0 Å². The highest BCUT2D eigenvalue weighted by atomic mass is 19.2. The van der Waals surface area contributed by atoms with Crippen molar-refractivity contribution >= 4 is 6.03 Å². The summed E-state index contributed by atoms with van der Waals surface area (Å²) in [6, 6.07) is 7.16. The summed E-state index contributed by atoms with van der Waals surface area (Å²) in [5.41, 5.74) is 1.47. The van der Waals surface area contributed by atoms with Crippen molar-refractivity contribution in [2.75, 3.05) is 6.54 Å². The molecule has 1 aromatic heterocycles. The van der Waals surface area contributed by atoms with Gasteiger partial charge in [-0.1, -0.05) is 19.9 Å². The molecule has 0 saturated heterocycles. The summed E-state index contributed by atoms with van der Waals surface area (Å²) < 4.78 is 29.2. The van der Waals surface area contributed by atoms with Gasteiger partial charge in [0.25, 0.3) is 0 Å². The third kappa shape index (κ3) is 3.38. The normalized spacial score (nSPS) is 16.8. The third-order valence-electron chi connectivity index (χ3n) is 4.87. The van der Waals surface area contributed by atoms with Crippen molar-refractivity contribution in [1.29, 1.82) is 0 Å². The van der Waals surface area contributed by atoms with Gasteiger partial charge < -0.3 is 14.8 Å². The second-order valence-electron chi connectivity index (χ2n) is 6.36. The van der Waals surface area contributed by atoms with Gasteiger partial charge in [-0.15, -0.1) is 0 Å². The van der Waals surface area contributed by atoms with Crippen molar-refractivity contribution in [3.05, 3.63) is 59.4 Å². The molecular formula is C19H23F2N3O. The van der Waals surface area contributed by atoms with Crippen LogP contribution in [0.1, 0.15) is 44.0 Å². The number of fused-ring (bicyclic) bond motifs is 1. The zero-order valence-electron chi connectivity index (χ0n) is 14.5. The first kappa shape index (κ1) is 17.5. The van der Waals surface area contributed by atoms with Crippen LogP contribution >= 0.6 is 0 Å². The topological polar surface area (TPSA) is 37.3 Å². The second kappa shape index (κ2) is 7.25. The molecule has 1 aliphatic heterocycles. The Morgan fingerprint density at radius 2 is 1.96 bits per heavy atom.